The Morgan fingerprint density at radius 3 is 2.61 bits per heavy atom. The lowest BCUT2D eigenvalue weighted by molar-refractivity contribution is -0.116. The minimum absolute atomic E-state index is 0.00926. The van der Waals surface area contributed by atoms with E-state index in [4.69, 9.17) is 0 Å². The summed E-state index contributed by atoms with van der Waals surface area (Å²) < 4.78 is 0. The van der Waals surface area contributed by atoms with Gasteiger partial charge in [-0.15, -0.1) is 0 Å². The standard InChI is InChI=1S/C27H43N3O/c1-22(12-13-25-24(3)11-7-14-27(25,4)5)9-6-10-23(2)21-26(31)29-15-8-18-30-19-16-28-17-20-30/h6,9-10,12-13,21,28H,7-8,11,14-20H2,1-5H3,(H,29,31). The van der Waals surface area contributed by atoms with Gasteiger partial charge in [0.2, 0.25) is 5.91 Å². The Hall–Kier alpha value is -1.91. The predicted molar refractivity (Wildman–Crippen MR) is 133 cm³/mol. The fourth-order valence-electron chi connectivity index (χ4n) is 4.39. The maximum Gasteiger partial charge on any atom is 0.244 e. The number of nitrogens with one attached hydrogen (secondary N) is 2. The van der Waals surface area contributed by atoms with E-state index in [1.54, 1.807) is 6.08 Å². The molecule has 0 bridgehead atoms. The van der Waals surface area contributed by atoms with Crippen molar-refractivity contribution in [1.82, 2.24) is 15.5 Å². The van der Waals surface area contributed by atoms with Crippen LogP contribution < -0.4 is 10.6 Å². The van der Waals surface area contributed by atoms with Gasteiger partial charge in [-0.1, -0.05) is 55.4 Å². The Balaban J connectivity index is 1.76. The lowest BCUT2D eigenvalue weighted by atomic mass is 9.72. The number of allylic oxidation sites excluding steroid dienone is 9. The molecule has 4 nitrogen and oxygen atoms in total. The van der Waals surface area contributed by atoms with Crippen LogP contribution in [0.3, 0.4) is 0 Å². The number of hydrogen-bond donors (Lipinski definition) is 2. The van der Waals surface area contributed by atoms with Crippen LogP contribution in [0.5, 0.6) is 0 Å². The molecule has 1 fully saturated rings. The van der Waals surface area contributed by atoms with Crippen LogP contribution in [-0.4, -0.2) is 50.1 Å². The average Bonchev–Trinajstić information content (AvgIpc) is 2.71. The van der Waals surface area contributed by atoms with E-state index in [0.717, 1.165) is 51.3 Å². The number of amides is 1. The first-order chi connectivity index (χ1) is 14.8. The predicted octanol–water partition coefficient (Wildman–Crippen LogP) is 4.93. The third kappa shape index (κ3) is 9.40. The summed E-state index contributed by atoms with van der Waals surface area (Å²) in [5, 5.41) is 6.36. The second-order valence-corrected chi connectivity index (χ2v) is 9.66. The highest BCUT2D eigenvalue weighted by molar-refractivity contribution is 5.88. The van der Waals surface area contributed by atoms with Gasteiger partial charge < -0.3 is 15.5 Å². The first-order valence-corrected chi connectivity index (χ1v) is 11.9. The van der Waals surface area contributed by atoms with Crippen molar-refractivity contribution < 1.29 is 4.79 Å². The van der Waals surface area contributed by atoms with Crippen molar-refractivity contribution in [2.24, 2.45) is 5.41 Å². The van der Waals surface area contributed by atoms with Gasteiger partial charge in [-0.3, -0.25) is 4.79 Å². The van der Waals surface area contributed by atoms with Gasteiger partial charge in [-0.05, 0) is 69.6 Å². The molecule has 0 unspecified atom stereocenters. The summed E-state index contributed by atoms with van der Waals surface area (Å²) in [4.78, 5) is 14.5. The summed E-state index contributed by atoms with van der Waals surface area (Å²) in [5.41, 5.74) is 5.45. The molecule has 1 aliphatic heterocycles. The van der Waals surface area contributed by atoms with E-state index in [2.05, 4.69) is 61.5 Å². The second kappa shape index (κ2) is 12.8. The number of rotatable bonds is 9. The zero-order valence-electron chi connectivity index (χ0n) is 20.4. The second-order valence-electron chi connectivity index (χ2n) is 9.66. The van der Waals surface area contributed by atoms with Gasteiger partial charge in [-0.2, -0.15) is 0 Å². The van der Waals surface area contributed by atoms with Crippen molar-refractivity contribution >= 4 is 5.91 Å². The Morgan fingerprint density at radius 2 is 1.90 bits per heavy atom. The zero-order valence-corrected chi connectivity index (χ0v) is 20.4. The smallest absolute Gasteiger partial charge is 0.244 e. The molecule has 172 valence electrons. The third-order valence-corrected chi connectivity index (χ3v) is 6.29. The van der Waals surface area contributed by atoms with E-state index < -0.39 is 0 Å². The SMILES string of the molecule is CC(C=CC1=C(C)CCCC1(C)C)=CC=CC(C)=CC(=O)NCCCN1CCNCC1. The van der Waals surface area contributed by atoms with Crippen molar-refractivity contribution in [1.29, 1.82) is 0 Å². The summed E-state index contributed by atoms with van der Waals surface area (Å²) in [7, 11) is 0. The van der Waals surface area contributed by atoms with Crippen molar-refractivity contribution in [3.8, 4) is 0 Å². The Morgan fingerprint density at radius 1 is 1.16 bits per heavy atom. The van der Waals surface area contributed by atoms with Crippen LogP contribution in [0.15, 0.2) is 58.7 Å². The molecule has 1 amide bonds. The molecule has 0 spiro atoms. The van der Waals surface area contributed by atoms with Gasteiger partial charge in [0.25, 0.3) is 0 Å². The minimum atomic E-state index is -0.00926. The summed E-state index contributed by atoms with van der Waals surface area (Å²) >= 11 is 0. The van der Waals surface area contributed by atoms with Gasteiger partial charge in [-0.25, -0.2) is 0 Å². The minimum Gasteiger partial charge on any atom is -0.352 e. The maximum atomic E-state index is 12.1. The monoisotopic (exact) mass is 425 g/mol. The quantitative estimate of drug-likeness (QED) is 0.313. The highest BCUT2D eigenvalue weighted by atomic mass is 16.1. The fraction of sp³-hybridized carbons (Fsp3) is 0.593. The number of nitrogens with zero attached hydrogens (tertiary/aromatic N) is 1. The maximum absolute atomic E-state index is 12.1. The lowest BCUT2D eigenvalue weighted by Gasteiger charge is -2.32. The molecule has 31 heavy (non-hydrogen) atoms. The Labute approximate surface area is 190 Å². The highest BCUT2D eigenvalue weighted by Crippen LogP contribution is 2.40. The summed E-state index contributed by atoms with van der Waals surface area (Å²) in [6.45, 7) is 17.2. The molecule has 2 N–H and O–H groups in total. The van der Waals surface area contributed by atoms with Crippen molar-refractivity contribution in [2.75, 3.05) is 39.3 Å². The molecule has 2 rings (SSSR count). The van der Waals surface area contributed by atoms with Crippen molar-refractivity contribution in [3.05, 3.63) is 58.7 Å². The number of carbonyl (C=O) groups is 1. The largest absolute Gasteiger partial charge is 0.352 e. The van der Waals surface area contributed by atoms with Crippen LogP contribution in [0.4, 0.5) is 0 Å². The fourth-order valence-corrected chi connectivity index (χ4v) is 4.39. The summed E-state index contributed by atoms with van der Waals surface area (Å²) in [6, 6.07) is 0. The normalized spacial score (nSPS) is 21.3. The topological polar surface area (TPSA) is 44.4 Å². The lowest BCUT2D eigenvalue weighted by Crippen LogP contribution is -2.44. The number of piperazine rings is 1. The molecule has 4 heteroatoms. The average molecular weight is 426 g/mol. The molecule has 0 aromatic rings. The van der Waals surface area contributed by atoms with Gasteiger partial charge in [0.15, 0.2) is 0 Å². The molecule has 0 atom stereocenters. The van der Waals surface area contributed by atoms with Crippen LogP contribution in [0.2, 0.25) is 0 Å². The molecular formula is C27H43N3O. The molecule has 1 heterocycles. The Kier molecular flexibility index (Phi) is 10.5. The molecule has 1 aliphatic carbocycles. The molecule has 0 aromatic heterocycles. The van der Waals surface area contributed by atoms with Crippen molar-refractivity contribution in [3.63, 3.8) is 0 Å². The molecule has 0 radical (unpaired) electrons. The number of hydrogen-bond acceptors (Lipinski definition) is 3. The van der Waals surface area contributed by atoms with Gasteiger partial charge in [0.05, 0.1) is 0 Å². The molecule has 0 saturated carbocycles. The summed E-state index contributed by atoms with van der Waals surface area (Å²) in [5.74, 6) is -0.00926. The van der Waals surface area contributed by atoms with Gasteiger partial charge in [0, 0.05) is 38.8 Å². The van der Waals surface area contributed by atoms with Crippen LogP contribution in [0.25, 0.3) is 0 Å². The van der Waals surface area contributed by atoms with E-state index in [1.165, 1.54) is 36.0 Å². The third-order valence-electron chi connectivity index (χ3n) is 6.29. The zero-order chi connectivity index (χ0) is 22.7. The number of carbonyl (C=O) groups excluding carboxylic acids is 1. The van der Waals surface area contributed by atoms with E-state index in [-0.39, 0.29) is 11.3 Å². The van der Waals surface area contributed by atoms with Gasteiger partial charge in [0.1, 0.15) is 0 Å². The van der Waals surface area contributed by atoms with Crippen LogP contribution in [-0.2, 0) is 4.79 Å². The van der Waals surface area contributed by atoms with Crippen LogP contribution >= 0.6 is 0 Å². The van der Waals surface area contributed by atoms with E-state index in [0.29, 0.717) is 0 Å². The van der Waals surface area contributed by atoms with Crippen LogP contribution in [0.1, 0.15) is 60.3 Å². The highest BCUT2D eigenvalue weighted by Gasteiger charge is 2.26. The molecule has 1 saturated heterocycles. The van der Waals surface area contributed by atoms with E-state index >= 15 is 0 Å². The first-order valence-electron chi connectivity index (χ1n) is 11.9. The molecule has 2 aliphatic rings. The van der Waals surface area contributed by atoms with Crippen LogP contribution in [0, 0.1) is 5.41 Å². The van der Waals surface area contributed by atoms with Crippen molar-refractivity contribution in [2.45, 2.75) is 60.3 Å². The first kappa shape index (κ1) is 25.4. The van der Waals surface area contributed by atoms with E-state index in [1.807, 2.05) is 19.1 Å². The van der Waals surface area contributed by atoms with E-state index in [9.17, 15) is 4.79 Å². The van der Waals surface area contributed by atoms with Gasteiger partial charge >= 0.3 is 0 Å². The molecular weight excluding hydrogens is 382 g/mol. The summed E-state index contributed by atoms with van der Waals surface area (Å²) in [6.07, 6.45) is 17.1. The Bertz CT molecular complexity index is 746. The molecule has 0 aromatic carbocycles.